The van der Waals surface area contributed by atoms with Gasteiger partial charge in [0.05, 0.1) is 12.3 Å². The third kappa shape index (κ3) is 4.81. The maximum atomic E-state index is 12.6. The molecule has 2 heterocycles. The van der Waals surface area contributed by atoms with E-state index in [4.69, 9.17) is 16.0 Å². The van der Waals surface area contributed by atoms with Crippen molar-refractivity contribution >= 4 is 23.2 Å². The summed E-state index contributed by atoms with van der Waals surface area (Å²) in [5.41, 5.74) is 1.81. The minimum atomic E-state index is -0.132. The monoisotopic (exact) mass is 409 g/mol. The third-order valence-electron chi connectivity index (χ3n) is 5.29. The predicted molar refractivity (Wildman–Crippen MR) is 115 cm³/mol. The van der Waals surface area contributed by atoms with Gasteiger partial charge in [0.25, 0.3) is 5.91 Å². The first-order chi connectivity index (χ1) is 14.2. The molecule has 1 aliphatic rings. The van der Waals surface area contributed by atoms with Crippen LogP contribution >= 0.6 is 11.6 Å². The summed E-state index contributed by atoms with van der Waals surface area (Å²) in [7, 11) is 0. The number of carbonyl (C=O) groups excluding carboxylic acids is 1. The molecule has 29 heavy (non-hydrogen) atoms. The molecule has 1 atom stereocenters. The topological polar surface area (TPSA) is 48.7 Å². The summed E-state index contributed by atoms with van der Waals surface area (Å²) in [6.45, 7) is 4.14. The summed E-state index contributed by atoms with van der Waals surface area (Å²) >= 11 is 6.01. The van der Waals surface area contributed by atoms with Crippen LogP contribution in [-0.2, 0) is 0 Å². The molecular weight excluding hydrogens is 386 g/mol. The van der Waals surface area contributed by atoms with Crippen LogP contribution in [0.25, 0.3) is 0 Å². The number of nitrogens with zero attached hydrogens (tertiary/aromatic N) is 2. The van der Waals surface area contributed by atoms with Crippen molar-refractivity contribution < 1.29 is 9.21 Å². The first kappa shape index (κ1) is 19.6. The summed E-state index contributed by atoms with van der Waals surface area (Å²) < 4.78 is 5.69. The second-order valence-corrected chi connectivity index (χ2v) is 7.55. The highest BCUT2D eigenvalue weighted by Crippen LogP contribution is 2.24. The predicted octanol–water partition coefficient (Wildman–Crippen LogP) is 4.23. The Balaban J connectivity index is 1.41. The highest BCUT2D eigenvalue weighted by atomic mass is 35.5. The number of furan rings is 1. The van der Waals surface area contributed by atoms with Crippen LogP contribution in [0.4, 0.5) is 5.69 Å². The van der Waals surface area contributed by atoms with Gasteiger partial charge in [-0.25, -0.2) is 0 Å². The average Bonchev–Trinajstić information content (AvgIpc) is 3.29. The Kier molecular flexibility index (Phi) is 6.17. The standard InChI is InChI=1S/C23H24ClN3O2/c24-19-7-4-6-18(16-19)23(28)25-17-21(22-10-5-15-29-22)27-13-11-26(12-14-27)20-8-2-1-3-9-20/h1-10,15-16,21H,11-14,17H2,(H,25,28)/t21-/m0/s1. The van der Waals surface area contributed by atoms with Crippen molar-refractivity contribution in [3.63, 3.8) is 0 Å². The van der Waals surface area contributed by atoms with Crippen molar-refractivity contribution in [3.05, 3.63) is 89.3 Å². The largest absolute Gasteiger partial charge is 0.468 e. The zero-order valence-corrected chi connectivity index (χ0v) is 16.9. The molecule has 0 aliphatic carbocycles. The van der Waals surface area contributed by atoms with Gasteiger partial charge in [-0.1, -0.05) is 35.9 Å². The summed E-state index contributed by atoms with van der Waals surface area (Å²) in [5, 5.41) is 3.59. The highest BCUT2D eigenvalue weighted by molar-refractivity contribution is 6.30. The van der Waals surface area contributed by atoms with Gasteiger partial charge in [0.15, 0.2) is 0 Å². The van der Waals surface area contributed by atoms with Crippen molar-refractivity contribution in [2.75, 3.05) is 37.6 Å². The Labute approximate surface area is 175 Å². The molecule has 0 saturated carbocycles. The number of anilines is 1. The smallest absolute Gasteiger partial charge is 0.251 e. The molecule has 1 fully saturated rings. The Morgan fingerprint density at radius 1 is 1.00 bits per heavy atom. The molecule has 0 radical (unpaired) electrons. The Morgan fingerprint density at radius 3 is 2.48 bits per heavy atom. The molecule has 1 aromatic heterocycles. The van der Waals surface area contributed by atoms with E-state index >= 15 is 0 Å². The lowest BCUT2D eigenvalue weighted by molar-refractivity contribution is 0.0923. The SMILES string of the molecule is O=C(NC[C@@H](c1ccco1)N1CCN(c2ccccc2)CC1)c1cccc(Cl)c1. The molecule has 1 aliphatic heterocycles. The average molecular weight is 410 g/mol. The number of amides is 1. The van der Waals surface area contributed by atoms with Crippen molar-refractivity contribution in [1.29, 1.82) is 0 Å². The minimum Gasteiger partial charge on any atom is -0.468 e. The maximum absolute atomic E-state index is 12.6. The van der Waals surface area contributed by atoms with Gasteiger partial charge in [0.2, 0.25) is 0 Å². The molecule has 0 unspecified atom stereocenters. The zero-order chi connectivity index (χ0) is 20.1. The fraction of sp³-hybridized carbons (Fsp3) is 0.261. The normalized spacial score (nSPS) is 15.8. The number of nitrogens with one attached hydrogen (secondary N) is 1. The van der Waals surface area contributed by atoms with E-state index < -0.39 is 0 Å². The molecule has 1 saturated heterocycles. The Hall–Kier alpha value is -2.76. The molecule has 1 amide bonds. The van der Waals surface area contributed by atoms with E-state index in [1.807, 2.05) is 18.2 Å². The van der Waals surface area contributed by atoms with Crippen LogP contribution in [0.2, 0.25) is 5.02 Å². The lowest BCUT2D eigenvalue weighted by Gasteiger charge is -2.39. The highest BCUT2D eigenvalue weighted by Gasteiger charge is 2.27. The van der Waals surface area contributed by atoms with Gasteiger partial charge >= 0.3 is 0 Å². The molecule has 6 heteroatoms. The number of hydrogen-bond donors (Lipinski definition) is 1. The second kappa shape index (κ2) is 9.16. The minimum absolute atomic E-state index is 0.00828. The summed E-state index contributed by atoms with van der Waals surface area (Å²) in [5.74, 6) is 0.733. The van der Waals surface area contributed by atoms with Crippen LogP contribution < -0.4 is 10.2 Å². The first-order valence-electron chi connectivity index (χ1n) is 9.82. The van der Waals surface area contributed by atoms with E-state index in [0.29, 0.717) is 17.1 Å². The quantitative estimate of drug-likeness (QED) is 0.662. The van der Waals surface area contributed by atoms with Gasteiger partial charge in [-0.2, -0.15) is 0 Å². The van der Waals surface area contributed by atoms with Crippen LogP contribution in [0, 0.1) is 0 Å². The molecule has 5 nitrogen and oxygen atoms in total. The fourth-order valence-corrected chi connectivity index (χ4v) is 3.93. The van der Waals surface area contributed by atoms with Gasteiger partial charge in [-0.15, -0.1) is 0 Å². The third-order valence-corrected chi connectivity index (χ3v) is 5.53. The van der Waals surface area contributed by atoms with Crippen LogP contribution in [0.15, 0.2) is 77.4 Å². The summed E-state index contributed by atoms with van der Waals surface area (Å²) in [6, 6.07) is 21.3. The number of carbonyl (C=O) groups is 1. The molecule has 2 aromatic carbocycles. The van der Waals surface area contributed by atoms with E-state index in [0.717, 1.165) is 31.9 Å². The molecule has 0 spiro atoms. The lowest BCUT2D eigenvalue weighted by Crippen LogP contribution is -2.49. The van der Waals surface area contributed by atoms with E-state index in [1.165, 1.54) is 5.69 Å². The molecule has 1 N–H and O–H groups in total. The van der Waals surface area contributed by atoms with E-state index in [9.17, 15) is 4.79 Å². The van der Waals surface area contributed by atoms with Crippen molar-refractivity contribution in [1.82, 2.24) is 10.2 Å². The van der Waals surface area contributed by atoms with Gasteiger partial charge < -0.3 is 14.6 Å². The van der Waals surface area contributed by atoms with Gasteiger partial charge in [-0.05, 0) is 42.5 Å². The van der Waals surface area contributed by atoms with E-state index in [1.54, 1.807) is 30.5 Å². The maximum Gasteiger partial charge on any atom is 0.251 e. The van der Waals surface area contributed by atoms with Crippen LogP contribution in [-0.4, -0.2) is 43.5 Å². The number of rotatable bonds is 6. The molecule has 3 aromatic rings. The molecule has 0 bridgehead atoms. The fourth-order valence-electron chi connectivity index (χ4n) is 3.74. The summed E-state index contributed by atoms with van der Waals surface area (Å²) in [4.78, 5) is 17.3. The number of benzene rings is 2. The molecular formula is C23H24ClN3O2. The van der Waals surface area contributed by atoms with Crippen LogP contribution in [0.5, 0.6) is 0 Å². The van der Waals surface area contributed by atoms with E-state index in [2.05, 4.69) is 39.4 Å². The number of halogens is 1. The Morgan fingerprint density at radius 2 is 1.79 bits per heavy atom. The molecule has 150 valence electrons. The van der Waals surface area contributed by atoms with Gasteiger partial charge in [0.1, 0.15) is 5.76 Å². The van der Waals surface area contributed by atoms with Crippen LogP contribution in [0.1, 0.15) is 22.2 Å². The Bertz CT molecular complexity index is 922. The number of para-hydroxylation sites is 1. The van der Waals surface area contributed by atoms with Crippen LogP contribution in [0.3, 0.4) is 0 Å². The van der Waals surface area contributed by atoms with Crippen molar-refractivity contribution in [3.8, 4) is 0 Å². The first-order valence-corrected chi connectivity index (χ1v) is 10.2. The van der Waals surface area contributed by atoms with Crippen molar-refractivity contribution in [2.24, 2.45) is 0 Å². The number of hydrogen-bond acceptors (Lipinski definition) is 4. The molecule has 4 rings (SSSR count). The van der Waals surface area contributed by atoms with E-state index in [-0.39, 0.29) is 11.9 Å². The zero-order valence-electron chi connectivity index (χ0n) is 16.1. The summed E-state index contributed by atoms with van der Waals surface area (Å²) in [6.07, 6.45) is 1.68. The second-order valence-electron chi connectivity index (χ2n) is 7.11. The van der Waals surface area contributed by atoms with Crippen molar-refractivity contribution in [2.45, 2.75) is 6.04 Å². The lowest BCUT2D eigenvalue weighted by atomic mass is 10.1. The number of piperazine rings is 1. The van der Waals surface area contributed by atoms with Gasteiger partial charge in [0, 0.05) is 49.0 Å². The van der Waals surface area contributed by atoms with Gasteiger partial charge in [-0.3, -0.25) is 9.69 Å².